The lowest BCUT2D eigenvalue weighted by Crippen LogP contribution is -1.94. The highest BCUT2D eigenvalue weighted by Gasteiger charge is 2.19. The molecule has 0 spiro atoms. The molecule has 0 bridgehead atoms. The Kier molecular flexibility index (Phi) is 6.47. The number of hydrogen-bond donors (Lipinski definition) is 0. The van der Waals surface area contributed by atoms with Crippen molar-refractivity contribution in [1.82, 2.24) is 14.5 Å². The predicted octanol–water partition coefficient (Wildman–Crippen LogP) is 14.0. The van der Waals surface area contributed by atoms with Crippen LogP contribution in [0, 0.1) is 0 Å². The van der Waals surface area contributed by atoms with Gasteiger partial charge in [0.25, 0.3) is 0 Å². The highest BCUT2D eigenvalue weighted by molar-refractivity contribution is 7.26. The van der Waals surface area contributed by atoms with Gasteiger partial charge >= 0.3 is 0 Å². The molecule has 4 nitrogen and oxygen atoms in total. The highest BCUT2D eigenvalue weighted by atomic mass is 32.1. The zero-order chi connectivity index (χ0) is 36.0. The van der Waals surface area contributed by atoms with Crippen LogP contribution < -0.4 is 0 Å². The Labute approximate surface area is 319 Å². The number of rotatable bonds is 4. The largest absolute Gasteiger partial charge is 0.456 e. The number of nitrogens with zero attached hydrogens (tertiary/aromatic N) is 3. The van der Waals surface area contributed by atoms with Crippen molar-refractivity contribution in [1.29, 1.82) is 0 Å². The van der Waals surface area contributed by atoms with E-state index >= 15 is 0 Å². The SMILES string of the molecule is c1ccc(-c2ccc(-c3nc(-c4ccc5c(c4)oc4ccc(-n6c7ccccc7c7cc8ccccc8cc76)cc45)nc4c3sc3ccccc34)cc2)cc1. The van der Waals surface area contributed by atoms with Crippen molar-refractivity contribution in [2.45, 2.75) is 0 Å². The van der Waals surface area contributed by atoms with Gasteiger partial charge < -0.3 is 8.98 Å². The molecule has 0 atom stereocenters. The molecule has 0 unspecified atom stereocenters. The lowest BCUT2D eigenvalue weighted by Gasteiger charge is -2.09. The third-order valence-electron chi connectivity index (χ3n) is 11.0. The minimum Gasteiger partial charge on any atom is -0.456 e. The summed E-state index contributed by atoms with van der Waals surface area (Å²) in [6.45, 7) is 0. The topological polar surface area (TPSA) is 43.9 Å². The maximum absolute atomic E-state index is 6.57. The van der Waals surface area contributed by atoms with Crippen LogP contribution in [-0.4, -0.2) is 14.5 Å². The van der Waals surface area contributed by atoms with Crippen LogP contribution >= 0.6 is 11.3 Å². The lowest BCUT2D eigenvalue weighted by atomic mass is 10.0. The van der Waals surface area contributed by atoms with Crippen LogP contribution in [0.4, 0.5) is 0 Å². The zero-order valence-corrected chi connectivity index (χ0v) is 30.2. The third kappa shape index (κ3) is 4.70. The Bertz CT molecular complexity index is 3480. The fourth-order valence-electron chi connectivity index (χ4n) is 8.34. The molecule has 0 saturated heterocycles. The second-order valence-electron chi connectivity index (χ2n) is 14.2. The van der Waals surface area contributed by atoms with E-state index in [1.807, 2.05) is 6.07 Å². The molecule has 0 aliphatic heterocycles. The number of furan rings is 1. The number of para-hydroxylation sites is 1. The van der Waals surface area contributed by atoms with Crippen LogP contribution in [0.2, 0.25) is 0 Å². The summed E-state index contributed by atoms with van der Waals surface area (Å²) in [5.41, 5.74) is 11.4. The van der Waals surface area contributed by atoms with Crippen molar-refractivity contribution in [2.75, 3.05) is 0 Å². The van der Waals surface area contributed by atoms with Crippen molar-refractivity contribution in [3.8, 4) is 39.5 Å². The average Bonchev–Trinajstić information content (AvgIpc) is 3.91. The minimum atomic E-state index is 0.679. The predicted molar refractivity (Wildman–Crippen MR) is 230 cm³/mol. The smallest absolute Gasteiger partial charge is 0.160 e. The summed E-state index contributed by atoms with van der Waals surface area (Å²) in [4.78, 5) is 10.5. The highest BCUT2D eigenvalue weighted by Crippen LogP contribution is 2.41. The molecule has 12 rings (SSSR count). The standard InChI is InChI=1S/C50H29N3OS/c1-2-10-30(11-3-1)31-18-20-32(21-19-31)47-49-48(39-15-7-9-17-46(39)55-49)52-50(51-47)35-22-24-38-41-29-36(23-25-44(41)54-45(38)28-35)53-42-16-8-6-14-37(42)40-26-33-12-4-5-13-34(33)27-43(40)53/h1-29H. The third-order valence-corrected chi connectivity index (χ3v) is 12.2. The van der Waals surface area contributed by atoms with E-state index in [1.165, 1.54) is 48.4 Å². The average molecular weight is 720 g/mol. The van der Waals surface area contributed by atoms with Gasteiger partial charge in [-0.25, -0.2) is 9.97 Å². The number of fused-ring (bicyclic) bond motifs is 10. The van der Waals surface area contributed by atoms with E-state index in [0.717, 1.165) is 60.0 Å². The van der Waals surface area contributed by atoms with Crippen molar-refractivity contribution in [3.63, 3.8) is 0 Å². The van der Waals surface area contributed by atoms with E-state index in [4.69, 9.17) is 14.4 Å². The van der Waals surface area contributed by atoms with Crippen LogP contribution in [0.5, 0.6) is 0 Å². The van der Waals surface area contributed by atoms with E-state index in [1.54, 1.807) is 11.3 Å². The molecule has 0 aliphatic carbocycles. The van der Waals surface area contributed by atoms with Gasteiger partial charge in [0.1, 0.15) is 11.2 Å². The summed E-state index contributed by atoms with van der Waals surface area (Å²) in [6.07, 6.45) is 0. The number of hydrogen-bond acceptors (Lipinski definition) is 4. The number of aromatic nitrogens is 3. The fourth-order valence-corrected chi connectivity index (χ4v) is 9.50. The monoisotopic (exact) mass is 719 g/mol. The Morgan fingerprint density at radius 3 is 2.02 bits per heavy atom. The van der Waals surface area contributed by atoms with Crippen LogP contribution in [-0.2, 0) is 0 Å². The van der Waals surface area contributed by atoms with Crippen LogP contribution in [0.1, 0.15) is 0 Å². The molecule has 0 amide bonds. The van der Waals surface area contributed by atoms with Gasteiger partial charge in [-0.3, -0.25) is 0 Å². The maximum Gasteiger partial charge on any atom is 0.160 e. The van der Waals surface area contributed by atoms with E-state index in [2.05, 4.69) is 174 Å². The zero-order valence-electron chi connectivity index (χ0n) is 29.4. The van der Waals surface area contributed by atoms with Gasteiger partial charge in [-0.05, 0) is 76.5 Å². The molecule has 0 aliphatic rings. The van der Waals surface area contributed by atoms with Crippen molar-refractivity contribution < 1.29 is 4.42 Å². The minimum absolute atomic E-state index is 0.679. The summed E-state index contributed by atoms with van der Waals surface area (Å²) in [7, 11) is 0. The Morgan fingerprint density at radius 2 is 1.15 bits per heavy atom. The van der Waals surface area contributed by atoms with Crippen LogP contribution in [0.3, 0.4) is 0 Å². The molecular formula is C50H29N3OS. The molecule has 0 fully saturated rings. The van der Waals surface area contributed by atoms with Crippen LogP contribution in [0.25, 0.3) is 114 Å². The van der Waals surface area contributed by atoms with E-state index in [9.17, 15) is 0 Å². The molecule has 0 N–H and O–H groups in total. The Hall–Kier alpha value is -7.08. The molecule has 0 radical (unpaired) electrons. The summed E-state index contributed by atoms with van der Waals surface area (Å²) < 4.78 is 11.2. The normalized spacial score (nSPS) is 12.0. The van der Waals surface area contributed by atoms with Gasteiger partial charge in [-0.2, -0.15) is 0 Å². The molecule has 8 aromatic carbocycles. The molecule has 5 heteroatoms. The van der Waals surface area contributed by atoms with E-state index in [-0.39, 0.29) is 0 Å². The second kappa shape index (κ2) is 11.7. The Morgan fingerprint density at radius 1 is 0.436 bits per heavy atom. The molecule has 12 aromatic rings. The second-order valence-corrected chi connectivity index (χ2v) is 15.2. The fraction of sp³-hybridized carbons (Fsp3) is 0. The van der Waals surface area contributed by atoms with E-state index < -0.39 is 0 Å². The first-order chi connectivity index (χ1) is 27.2. The molecule has 0 saturated carbocycles. The molecule has 256 valence electrons. The molecule has 55 heavy (non-hydrogen) atoms. The lowest BCUT2D eigenvalue weighted by molar-refractivity contribution is 0.669. The number of benzene rings is 8. The Balaban J connectivity index is 1.01. The van der Waals surface area contributed by atoms with Crippen molar-refractivity contribution >= 4 is 86.2 Å². The van der Waals surface area contributed by atoms with Gasteiger partial charge in [-0.15, -0.1) is 11.3 Å². The van der Waals surface area contributed by atoms with Gasteiger partial charge in [0.05, 0.1) is 26.9 Å². The summed E-state index contributed by atoms with van der Waals surface area (Å²) in [5.74, 6) is 0.679. The van der Waals surface area contributed by atoms with Crippen molar-refractivity contribution in [2.24, 2.45) is 0 Å². The first-order valence-electron chi connectivity index (χ1n) is 18.5. The van der Waals surface area contributed by atoms with Gasteiger partial charge in [0.15, 0.2) is 5.82 Å². The first-order valence-corrected chi connectivity index (χ1v) is 19.3. The first kappa shape index (κ1) is 30.4. The van der Waals surface area contributed by atoms with Gasteiger partial charge in [0.2, 0.25) is 0 Å². The molecule has 4 aromatic heterocycles. The van der Waals surface area contributed by atoms with Crippen LogP contribution in [0.15, 0.2) is 180 Å². The summed E-state index contributed by atoms with van der Waals surface area (Å²) >= 11 is 1.75. The van der Waals surface area contributed by atoms with Gasteiger partial charge in [0, 0.05) is 48.4 Å². The molecular weight excluding hydrogens is 691 g/mol. The quantitative estimate of drug-likeness (QED) is 0.182. The van der Waals surface area contributed by atoms with E-state index in [0.29, 0.717) is 5.82 Å². The summed E-state index contributed by atoms with van der Waals surface area (Å²) in [6, 6.07) is 62.5. The number of thiophene rings is 1. The van der Waals surface area contributed by atoms with Crippen molar-refractivity contribution in [3.05, 3.63) is 176 Å². The summed E-state index contributed by atoms with van der Waals surface area (Å²) in [5, 5.41) is 8.24. The maximum atomic E-state index is 6.57. The molecule has 4 heterocycles. The van der Waals surface area contributed by atoms with Gasteiger partial charge in [-0.1, -0.05) is 121 Å².